The standard InChI is InChI=1S/C17H17F3N2O2S/c1-11(25-13-9-7-12(24-2)8-10-13)16(23)22-21-15-6-4-3-5-14(15)17(18,19)20/h3-11,21H,1-2H3,(H,22,23). The number of alkyl halides is 3. The van der Waals surface area contributed by atoms with Gasteiger partial charge in [-0.25, -0.2) is 0 Å². The number of amides is 1. The average molecular weight is 370 g/mol. The SMILES string of the molecule is COc1ccc(SC(C)C(=O)NNc2ccccc2C(F)(F)F)cc1. The smallest absolute Gasteiger partial charge is 0.418 e. The van der Waals surface area contributed by atoms with Crippen molar-refractivity contribution in [1.29, 1.82) is 0 Å². The molecule has 1 amide bonds. The molecule has 8 heteroatoms. The molecule has 0 aromatic heterocycles. The second-order valence-electron chi connectivity index (χ2n) is 5.09. The van der Waals surface area contributed by atoms with Gasteiger partial charge < -0.3 is 4.74 Å². The maximum atomic E-state index is 12.9. The van der Waals surface area contributed by atoms with E-state index in [1.54, 1.807) is 38.3 Å². The lowest BCUT2D eigenvalue weighted by atomic mass is 10.2. The van der Waals surface area contributed by atoms with E-state index in [-0.39, 0.29) is 5.69 Å². The minimum atomic E-state index is -4.50. The Balaban J connectivity index is 1.95. The van der Waals surface area contributed by atoms with Crippen molar-refractivity contribution in [2.75, 3.05) is 12.5 Å². The Kier molecular flexibility index (Phi) is 6.19. The molecule has 2 N–H and O–H groups in total. The molecule has 25 heavy (non-hydrogen) atoms. The van der Waals surface area contributed by atoms with E-state index in [0.29, 0.717) is 5.75 Å². The summed E-state index contributed by atoms with van der Waals surface area (Å²) in [5.41, 5.74) is 3.63. The molecule has 0 aliphatic rings. The van der Waals surface area contributed by atoms with Gasteiger partial charge in [-0.2, -0.15) is 13.2 Å². The van der Waals surface area contributed by atoms with Gasteiger partial charge in [0.1, 0.15) is 5.75 Å². The van der Waals surface area contributed by atoms with Crippen LogP contribution >= 0.6 is 11.8 Å². The third-order valence-electron chi connectivity index (χ3n) is 3.29. The van der Waals surface area contributed by atoms with Crippen molar-refractivity contribution in [3.8, 4) is 5.75 Å². The van der Waals surface area contributed by atoms with Crippen molar-refractivity contribution in [2.24, 2.45) is 0 Å². The summed E-state index contributed by atoms with van der Waals surface area (Å²) in [5.74, 6) is 0.268. The first kappa shape index (κ1) is 19.0. The van der Waals surface area contributed by atoms with Crippen molar-refractivity contribution in [1.82, 2.24) is 5.43 Å². The molecular weight excluding hydrogens is 353 g/mol. The van der Waals surface area contributed by atoms with Crippen LogP contribution in [0.5, 0.6) is 5.75 Å². The fourth-order valence-corrected chi connectivity index (χ4v) is 2.85. The van der Waals surface area contributed by atoms with Crippen molar-refractivity contribution in [3.63, 3.8) is 0 Å². The molecule has 4 nitrogen and oxygen atoms in total. The van der Waals surface area contributed by atoms with Crippen LogP contribution in [-0.4, -0.2) is 18.3 Å². The van der Waals surface area contributed by atoms with E-state index in [9.17, 15) is 18.0 Å². The number of benzene rings is 2. The molecule has 2 aromatic carbocycles. The predicted molar refractivity (Wildman–Crippen MR) is 91.5 cm³/mol. The Morgan fingerprint density at radius 2 is 1.76 bits per heavy atom. The van der Waals surface area contributed by atoms with E-state index in [1.165, 1.54) is 30.0 Å². The normalized spacial score (nSPS) is 12.4. The quantitative estimate of drug-likeness (QED) is 0.587. The number of carbonyl (C=O) groups excluding carboxylic acids is 1. The molecule has 0 bridgehead atoms. The monoisotopic (exact) mass is 370 g/mol. The summed E-state index contributed by atoms with van der Waals surface area (Å²) in [5, 5.41) is -0.501. The van der Waals surface area contributed by atoms with Gasteiger partial charge in [-0.3, -0.25) is 15.6 Å². The van der Waals surface area contributed by atoms with Crippen LogP contribution in [0.25, 0.3) is 0 Å². The number of methoxy groups -OCH3 is 1. The van der Waals surface area contributed by atoms with Crippen LogP contribution in [0, 0.1) is 0 Å². The van der Waals surface area contributed by atoms with E-state index in [4.69, 9.17) is 4.74 Å². The number of hydrogen-bond acceptors (Lipinski definition) is 4. The summed E-state index contributed by atoms with van der Waals surface area (Å²) in [7, 11) is 1.56. The minimum Gasteiger partial charge on any atom is -0.497 e. The van der Waals surface area contributed by atoms with E-state index in [0.717, 1.165) is 11.0 Å². The highest BCUT2D eigenvalue weighted by atomic mass is 32.2. The van der Waals surface area contributed by atoms with E-state index in [2.05, 4.69) is 10.9 Å². The molecule has 0 saturated heterocycles. The summed E-state index contributed by atoms with van der Waals surface area (Å²) >= 11 is 1.29. The van der Waals surface area contributed by atoms with Gasteiger partial charge in [0, 0.05) is 4.90 Å². The van der Waals surface area contributed by atoms with Gasteiger partial charge >= 0.3 is 6.18 Å². The number of halogens is 3. The molecule has 134 valence electrons. The molecule has 0 aliphatic heterocycles. The summed E-state index contributed by atoms with van der Waals surface area (Å²) in [6.45, 7) is 1.67. The zero-order valence-electron chi connectivity index (χ0n) is 13.6. The zero-order chi connectivity index (χ0) is 18.4. The second kappa shape index (κ2) is 8.15. The number of thioether (sulfide) groups is 1. The lowest BCUT2D eigenvalue weighted by Gasteiger charge is -2.17. The van der Waals surface area contributed by atoms with Crippen LogP contribution in [0.3, 0.4) is 0 Å². The van der Waals surface area contributed by atoms with Crippen LogP contribution in [0.1, 0.15) is 12.5 Å². The van der Waals surface area contributed by atoms with Gasteiger partial charge in [-0.05, 0) is 43.3 Å². The Bertz CT molecular complexity index is 721. The maximum absolute atomic E-state index is 12.9. The number of para-hydroxylation sites is 1. The Labute approximate surface area is 147 Å². The van der Waals surface area contributed by atoms with E-state index in [1.807, 2.05) is 0 Å². The number of rotatable bonds is 6. The molecular formula is C17H17F3N2O2S. The Morgan fingerprint density at radius 3 is 2.36 bits per heavy atom. The van der Waals surface area contributed by atoms with Gasteiger partial charge in [0.25, 0.3) is 5.91 Å². The summed E-state index contributed by atoms with van der Waals surface area (Å²) < 4.78 is 43.8. The topological polar surface area (TPSA) is 50.4 Å². The summed E-state index contributed by atoms with van der Waals surface area (Å²) in [4.78, 5) is 13.0. The van der Waals surface area contributed by atoms with Gasteiger partial charge in [-0.15, -0.1) is 11.8 Å². The molecule has 0 spiro atoms. The largest absolute Gasteiger partial charge is 0.497 e. The van der Waals surface area contributed by atoms with Crippen LogP contribution in [0.15, 0.2) is 53.4 Å². The fourth-order valence-electron chi connectivity index (χ4n) is 1.98. The van der Waals surface area contributed by atoms with Crippen LogP contribution < -0.4 is 15.6 Å². The highest BCUT2D eigenvalue weighted by Gasteiger charge is 2.33. The number of hydrazine groups is 1. The minimum absolute atomic E-state index is 0.204. The molecule has 0 radical (unpaired) electrons. The number of nitrogens with one attached hydrogen (secondary N) is 2. The van der Waals surface area contributed by atoms with E-state index < -0.39 is 22.9 Å². The van der Waals surface area contributed by atoms with Crippen LogP contribution in [0.2, 0.25) is 0 Å². The second-order valence-corrected chi connectivity index (χ2v) is 6.51. The lowest BCUT2D eigenvalue weighted by Crippen LogP contribution is -2.36. The van der Waals surface area contributed by atoms with Crippen LogP contribution in [0.4, 0.5) is 18.9 Å². The number of hydrogen-bond donors (Lipinski definition) is 2. The highest BCUT2D eigenvalue weighted by molar-refractivity contribution is 8.00. The Hall–Kier alpha value is -2.35. The molecule has 1 atom stereocenters. The molecule has 1 unspecified atom stereocenters. The summed E-state index contributed by atoms with van der Waals surface area (Å²) in [6, 6.07) is 12.1. The first-order chi connectivity index (χ1) is 11.8. The van der Waals surface area contributed by atoms with Gasteiger partial charge in [0.2, 0.25) is 0 Å². The highest BCUT2D eigenvalue weighted by Crippen LogP contribution is 2.34. The van der Waals surface area contributed by atoms with Crippen LogP contribution in [-0.2, 0) is 11.0 Å². The first-order valence-corrected chi connectivity index (χ1v) is 8.22. The number of carbonyl (C=O) groups is 1. The van der Waals surface area contributed by atoms with Crippen molar-refractivity contribution < 1.29 is 22.7 Å². The van der Waals surface area contributed by atoms with Gasteiger partial charge in [-0.1, -0.05) is 12.1 Å². The Morgan fingerprint density at radius 1 is 1.12 bits per heavy atom. The average Bonchev–Trinajstić information content (AvgIpc) is 2.59. The molecule has 0 saturated carbocycles. The molecule has 0 aliphatic carbocycles. The van der Waals surface area contributed by atoms with Crippen molar-refractivity contribution in [3.05, 3.63) is 54.1 Å². The molecule has 0 fully saturated rings. The van der Waals surface area contributed by atoms with Crippen molar-refractivity contribution >= 4 is 23.4 Å². The van der Waals surface area contributed by atoms with Gasteiger partial charge in [0.15, 0.2) is 0 Å². The fraction of sp³-hybridized carbons (Fsp3) is 0.235. The predicted octanol–water partition coefficient (Wildman–Crippen LogP) is 4.34. The van der Waals surface area contributed by atoms with E-state index >= 15 is 0 Å². The lowest BCUT2D eigenvalue weighted by molar-refractivity contribution is -0.137. The maximum Gasteiger partial charge on any atom is 0.418 e. The first-order valence-electron chi connectivity index (χ1n) is 7.34. The number of anilines is 1. The van der Waals surface area contributed by atoms with Gasteiger partial charge in [0.05, 0.1) is 23.6 Å². The summed E-state index contributed by atoms with van der Waals surface area (Å²) in [6.07, 6.45) is -4.50. The zero-order valence-corrected chi connectivity index (χ0v) is 14.4. The molecule has 2 rings (SSSR count). The molecule has 0 heterocycles. The third kappa shape index (κ3) is 5.32. The number of ether oxygens (including phenoxy) is 1. The third-order valence-corrected chi connectivity index (χ3v) is 4.41. The molecule has 2 aromatic rings. The van der Waals surface area contributed by atoms with Crippen molar-refractivity contribution in [2.45, 2.75) is 23.2 Å².